The molecule has 0 aliphatic carbocycles. The van der Waals surface area contributed by atoms with Crippen molar-refractivity contribution in [2.75, 3.05) is 36.9 Å². The summed E-state index contributed by atoms with van der Waals surface area (Å²) in [6.45, 7) is 2.89. The number of hydrogen-bond acceptors (Lipinski definition) is 5. The summed E-state index contributed by atoms with van der Waals surface area (Å²) in [4.78, 5) is 2.16. The fraction of sp³-hybridized carbons (Fsp3) is 0.500. The largest absolute Gasteiger partial charge is 0.397 e. The lowest BCUT2D eigenvalue weighted by Crippen LogP contribution is -2.49. The Hall–Kier alpha value is -1.77. The minimum absolute atomic E-state index is 0.479. The van der Waals surface area contributed by atoms with Gasteiger partial charge in [0.1, 0.15) is 0 Å². The van der Waals surface area contributed by atoms with Gasteiger partial charge in [-0.25, -0.2) is 0 Å². The zero-order chi connectivity index (χ0) is 13.3. The van der Waals surface area contributed by atoms with Crippen molar-refractivity contribution >= 4 is 11.4 Å². The average molecular weight is 259 g/mol. The van der Waals surface area contributed by atoms with Crippen molar-refractivity contribution in [3.05, 3.63) is 23.8 Å². The van der Waals surface area contributed by atoms with E-state index in [1.807, 2.05) is 6.07 Å². The van der Waals surface area contributed by atoms with Crippen LogP contribution in [0, 0.1) is 11.3 Å². The standard InChI is InChI=1S/C14H17N3O2/c15-9-11-2-3-12(16)13(8-11)17-5-1-4-14(10-17)18-6-7-19-14/h2-3,8H,1,4-7,10,16H2. The van der Waals surface area contributed by atoms with Gasteiger partial charge in [-0.2, -0.15) is 5.26 Å². The van der Waals surface area contributed by atoms with Crippen LogP contribution in [-0.4, -0.2) is 32.1 Å². The fourth-order valence-corrected chi connectivity index (χ4v) is 2.81. The predicted octanol–water partition coefficient (Wildman–Crippen LogP) is 1.48. The minimum atomic E-state index is -0.479. The van der Waals surface area contributed by atoms with E-state index in [9.17, 15) is 0 Å². The molecule has 0 aromatic heterocycles. The van der Waals surface area contributed by atoms with E-state index in [1.165, 1.54) is 0 Å². The maximum absolute atomic E-state index is 9.00. The number of ether oxygens (including phenoxy) is 2. The monoisotopic (exact) mass is 259 g/mol. The van der Waals surface area contributed by atoms with Gasteiger partial charge in [-0.3, -0.25) is 0 Å². The van der Waals surface area contributed by atoms with E-state index in [1.54, 1.807) is 12.1 Å². The first-order valence-electron chi connectivity index (χ1n) is 6.55. The first-order valence-corrected chi connectivity index (χ1v) is 6.55. The Kier molecular flexibility index (Phi) is 3.05. The number of anilines is 2. The zero-order valence-electron chi connectivity index (χ0n) is 10.8. The number of piperidine rings is 1. The van der Waals surface area contributed by atoms with Crippen LogP contribution in [0.1, 0.15) is 18.4 Å². The first kappa shape index (κ1) is 12.3. The topological polar surface area (TPSA) is 71.5 Å². The van der Waals surface area contributed by atoms with Crippen LogP contribution in [0.3, 0.4) is 0 Å². The van der Waals surface area contributed by atoms with Crippen molar-refractivity contribution in [1.29, 1.82) is 5.26 Å². The molecule has 5 heteroatoms. The van der Waals surface area contributed by atoms with Crippen LogP contribution in [0.4, 0.5) is 11.4 Å². The maximum Gasteiger partial charge on any atom is 0.186 e. The van der Waals surface area contributed by atoms with Crippen LogP contribution in [0.5, 0.6) is 0 Å². The molecule has 3 rings (SSSR count). The van der Waals surface area contributed by atoms with Gasteiger partial charge in [-0.1, -0.05) is 0 Å². The Morgan fingerprint density at radius 3 is 2.84 bits per heavy atom. The molecule has 2 saturated heterocycles. The summed E-state index contributed by atoms with van der Waals surface area (Å²) in [6, 6.07) is 7.51. The van der Waals surface area contributed by atoms with E-state index in [0.29, 0.717) is 31.0 Å². The third kappa shape index (κ3) is 2.25. The Morgan fingerprint density at radius 2 is 2.11 bits per heavy atom. The molecular weight excluding hydrogens is 242 g/mol. The number of nitrogens with zero attached hydrogens (tertiary/aromatic N) is 2. The molecule has 0 amide bonds. The second-order valence-electron chi connectivity index (χ2n) is 5.02. The van der Waals surface area contributed by atoms with Crippen LogP contribution in [0.15, 0.2) is 18.2 Å². The van der Waals surface area contributed by atoms with E-state index < -0.39 is 5.79 Å². The lowest BCUT2D eigenvalue weighted by molar-refractivity contribution is -0.161. The van der Waals surface area contributed by atoms with Crippen LogP contribution < -0.4 is 10.6 Å². The van der Waals surface area contributed by atoms with Crippen molar-refractivity contribution in [1.82, 2.24) is 0 Å². The van der Waals surface area contributed by atoms with Crippen LogP contribution in [0.2, 0.25) is 0 Å². The maximum atomic E-state index is 9.00. The van der Waals surface area contributed by atoms with E-state index >= 15 is 0 Å². The zero-order valence-corrected chi connectivity index (χ0v) is 10.8. The summed E-state index contributed by atoms with van der Waals surface area (Å²) in [5.74, 6) is -0.479. The van der Waals surface area contributed by atoms with Gasteiger partial charge in [0.25, 0.3) is 0 Å². The Balaban J connectivity index is 1.87. The highest BCUT2D eigenvalue weighted by Crippen LogP contribution is 2.34. The fourth-order valence-electron chi connectivity index (χ4n) is 2.81. The molecule has 100 valence electrons. The molecule has 19 heavy (non-hydrogen) atoms. The highest BCUT2D eigenvalue weighted by molar-refractivity contribution is 5.70. The summed E-state index contributed by atoms with van der Waals surface area (Å²) in [7, 11) is 0. The quantitative estimate of drug-likeness (QED) is 0.773. The molecule has 0 radical (unpaired) electrons. The molecule has 2 fully saturated rings. The van der Waals surface area contributed by atoms with Crippen molar-refractivity contribution in [3.8, 4) is 6.07 Å². The smallest absolute Gasteiger partial charge is 0.186 e. The molecule has 5 nitrogen and oxygen atoms in total. The second-order valence-corrected chi connectivity index (χ2v) is 5.02. The molecule has 1 spiro atoms. The van der Waals surface area contributed by atoms with E-state index in [4.69, 9.17) is 20.5 Å². The summed E-state index contributed by atoms with van der Waals surface area (Å²) >= 11 is 0. The van der Waals surface area contributed by atoms with E-state index in [0.717, 1.165) is 25.1 Å². The minimum Gasteiger partial charge on any atom is -0.397 e. The van der Waals surface area contributed by atoms with E-state index in [-0.39, 0.29) is 0 Å². The average Bonchev–Trinajstić information content (AvgIpc) is 2.87. The third-order valence-electron chi connectivity index (χ3n) is 3.73. The van der Waals surface area contributed by atoms with Crippen molar-refractivity contribution in [2.24, 2.45) is 0 Å². The molecule has 2 aliphatic rings. The highest BCUT2D eigenvalue weighted by atomic mass is 16.7. The van der Waals surface area contributed by atoms with Crippen molar-refractivity contribution in [3.63, 3.8) is 0 Å². The molecule has 0 bridgehead atoms. The summed E-state index contributed by atoms with van der Waals surface area (Å²) in [6.07, 6.45) is 1.91. The van der Waals surface area contributed by atoms with Crippen molar-refractivity contribution < 1.29 is 9.47 Å². The molecule has 0 unspecified atom stereocenters. The molecule has 0 atom stereocenters. The number of nitrogen functional groups attached to an aromatic ring is 1. The molecule has 2 heterocycles. The molecule has 1 aromatic carbocycles. The number of nitrogens with two attached hydrogens (primary N) is 1. The SMILES string of the molecule is N#Cc1ccc(N)c(N2CCCC3(C2)OCCO3)c1. The summed E-state index contributed by atoms with van der Waals surface area (Å²) in [5.41, 5.74) is 8.24. The molecule has 2 N–H and O–H groups in total. The Morgan fingerprint density at radius 1 is 1.32 bits per heavy atom. The third-order valence-corrected chi connectivity index (χ3v) is 3.73. The normalized spacial score (nSPS) is 21.5. The Bertz CT molecular complexity index is 518. The number of rotatable bonds is 1. The van der Waals surface area contributed by atoms with Crippen LogP contribution in [-0.2, 0) is 9.47 Å². The second kappa shape index (κ2) is 4.72. The molecule has 0 saturated carbocycles. The Labute approximate surface area is 112 Å². The van der Waals surface area contributed by atoms with Gasteiger partial charge in [-0.15, -0.1) is 0 Å². The van der Waals surface area contributed by atoms with Gasteiger partial charge in [0.05, 0.1) is 42.8 Å². The van der Waals surface area contributed by atoms with Crippen molar-refractivity contribution in [2.45, 2.75) is 18.6 Å². The number of hydrogen-bond donors (Lipinski definition) is 1. The van der Waals surface area contributed by atoms with Gasteiger partial charge in [0.2, 0.25) is 0 Å². The van der Waals surface area contributed by atoms with E-state index in [2.05, 4.69) is 11.0 Å². The summed E-state index contributed by atoms with van der Waals surface area (Å²) in [5, 5.41) is 9.00. The van der Waals surface area contributed by atoms with Gasteiger partial charge in [-0.05, 0) is 24.6 Å². The van der Waals surface area contributed by atoms with Crippen LogP contribution in [0.25, 0.3) is 0 Å². The lowest BCUT2D eigenvalue weighted by atomic mass is 10.0. The molecule has 2 aliphatic heterocycles. The first-order chi connectivity index (χ1) is 9.22. The van der Waals surface area contributed by atoms with Gasteiger partial charge < -0.3 is 20.1 Å². The van der Waals surface area contributed by atoms with Gasteiger partial charge in [0.15, 0.2) is 5.79 Å². The number of benzene rings is 1. The van der Waals surface area contributed by atoms with Gasteiger partial charge >= 0.3 is 0 Å². The number of nitriles is 1. The lowest BCUT2D eigenvalue weighted by Gasteiger charge is -2.40. The van der Waals surface area contributed by atoms with Crippen LogP contribution >= 0.6 is 0 Å². The highest BCUT2D eigenvalue weighted by Gasteiger charge is 2.41. The predicted molar refractivity (Wildman–Crippen MR) is 71.7 cm³/mol. The van der Waals surface area contributed by atoms with Gasteiger partial charge in [0, 0.05) is 13.0 Å². The molecular formula is C14H17N3O2. The molecule has 1 aromatic rings. The summed E-state index contributed by atoms with van der Waals surface area (Å²) < 4.78 is 11.5.